The molecule has 0 fully saturated rings. The van der Waals surface area contributed by atoms with Crippen molar-refractivity contribution in [3.05, 3.63) is 53.1 Å². The number of sulfone groups is 1. The number of hydrogen-bond acceptors (Lipinski definition) is 3. The minimum atomic E-state index is -3.24. The van der Waals surface area contributed by atoms with Crippen LogP contribution in [-0.2, 0) is 9.84 Å². The Morgan fingerprint density at radius 1 is 1.11 bits per heavy atom. The van der Waals surface area contributed by atoms with Crippen molar-refractivity contribution in [2.24, 2.45) is 0 Å². The van der Waals surface area contributed by atoms with Crippen LogP contribution in [0.5, 0.6) is 11.5 Å². The molecule has 19 heavy (non-hydrogen) atoms. The number of aryl methyl sites for hydroxylation is 1. The van der Waals surface area contributed by atoms with Gasteiger partial charge in [-0.2, -0.15) is 0 Å². The lowest BCUT2D eigenvalue weighted by Crippen LogP contribution is -1.97. The Kier molecular flexibility index (Phi) is 3.83. The van der Waals surface area contributed by atoms with Crippen molar-refractivity contribution in [3.8, 4) is 11.5 Å². The summed E-state index contributed by atoms with van der Waals surface area (Å²) in [6.07, 6.45) is 1.16. The zero-order valence-corrected chi connectivity index (χ0v) is 12.1. The fraction of sp³-hybridized carbons (Fsp3) is 0.143. The van der Waals surface area contributed by atoms with Gasteiger partial charge >= 0.3 is 0 Å². The van der Waals surface area contributed by atoms with Gasteiger partial charge in [0, 0.05) is 11.3 Å². The first-order valence-electron chi connectivity index (χ1n) is 5.60. The van der Waals surface area contributed by atoms with Crippen molar-refractivity contribution in [2.45, 2.75) is 11.8 Å². The third kappa shape index (κ3) is 3.49. The molecule has 2 aromatic rings. The molecule has 0 spiro atoms. The molecule has 100 valence electrons. The number of halogens is 1. The van der Waals surface area contributed by atoms with E-state index in [0.717, 1.165) is 11.8 Å². The normalized spacial score (nSPS) is 11.3. The predicted octanol–water partition coefficient (Wildman–Crippen LogP) is 3.84. The average molecular weight is 297 g/mol. The van der Waals surface area contributed by atoms with Crippen LogP contribution < -0.4 is 4.74 Å². The van der Waals surface area contributed by atoms with Gasteiger partial charge in [0.05, 0.1) is 4.90 Å². The van der Waals surface area contributed by atoms with Gasteiger partial charge in [-0.1, -0.05) is 23.7 Å². The minimum Gasteiger partial charge on any atom is -0.457 e. The van der Waals surface area contributed by atoms with Crippen molar-refractivity contribution in [2.75, 3.05) is 6.26 Å². The van der Waals surface area contributed by atoms with E-state index in [2.05, 4.69) is 0 Å². The third-order valence-electron chi connectivity index (χ3n) is 2.61. The summed E-state index contributed by atoms with van der Waals surface area (Å²) < 4.78 is 28.6. The molecule has 5 heteroatoms. The first-order chi connectivity index (χ1) is 8.86. The molecule has 0 aliphatic rings. The van der Waals surface area contributed by atoms with Crippen LogP contribution in [0.25, 0.3) is 0 Å². The zero-order valence-electron chi connectivity index (χ0n) is 10.6. The van der Waals surface area contributed by atoms with Crippen LogP contribution in [0.2, 0.25) is 5.02 Å². The molecule has 0 radical (unpaired) electrons. The predicted molar refractivity (Wildman–Crippen MR) is 75.8 cm³/mol. The fourth-order valence-electron chi connectivity index (χ4n) is 1.58. The molecule has 3 nitrogen and oxygen atoms in total. The van der Waals surface area contributed by atoms with E-state index in [1.807, 2.05) is 13.0 Å². The molecule has 0 aromatic heterocycles. The van der Waals surface area contributed by atoms with Gasteiger partial charge in [0.2, 0.25) is 0 Å². The Bertz CT molecular complexity index is 708. The molecule has 0 unspecified atom stereocenters. The Morgan fingerprint density at radius 2 is 1.84 bits per heavy atom. The summed E-state index contributed by atoms with van der Waals surface area (Å²) in [4.78, 5) is 0.227. The largest absolute Gasteiger partial charge is 0.457 e. The second-order valence-corrected chi connectivity index (χ2v) is 6.71. The molecule has 2 aromatic carbocycles. The molecule has 0 heterocycles. The molecule has 0 saturated carbocycles. The van der Waals surface area contributed by atoms with E-state index in [-0.39, 0.29) is 4.90 Å². The van der Waals surface area contributed by atoms with Gasteiger partial charge in [-0.05, 0) is 42.8 Å². The Hall–Kier alpha value is -1.52. The average Bonchev–Trinajstić information content (AvgIpc) is 2.33. The standard InChI is InChI=1S/C14H13ClO3S/c1-10-6-7-11(15)8-14(10)18-12-4-3-5-13(9-12)19(2,16)17/h3-9H,1-2H3. The van der Waals surface area contributed by atoms with Crippen LogP contribution in [0, 0.1) is 6.92 Å². The second-order valence-electron chi connectivity index (χ2n) is 4.26. The zero-order chi connectivity index (χ0) is 14.0. The second kappa shape index (κ2) is 5.23. The lowest BCUT2D eigenvalue weighted by atomic mass is 10.2. The van der Waals surface area contributed by atoms with Gasteiger partial charge in [-0.15, -0.1) is 0 Å². The number of rotatable bonds is 3. The van der Waals surface area contributed by atoms with Crippen molar-refractivity contribution in [3.63, 3.8) is 0 Å². The molecular formula is C14H13ClO3S. The van der Waals surface area contributed by atoms with Crippen LogP contribution in [0.1, 0.15) is 5.56 Å². The molecule has 2 rings (SSSR count). The van der Waals surface area contributed by atoms with Crippen LogP contribution in [0.15, 0.2) is 47.4 Å². The lowest BCUT2D eigenvalue weighted by Gasteiger charge is -2.10. The maximum Gasteiger partial charge on any atom is 0.175 e. The van der Waals surface area contributed by atoms with E-state index in [0.29, 0.717) is 16.5 Å². The van der Waals surface area contributed by atoms with Gasteiger partial charge < -0.3 is 4.74 Å². The van der Waals surface area contributed by atoms with E-state index >= 15 is 0 Å². The minimum absolute atomic E-state index is 0.227. The summed E-state index contributed by atoms with van der Waals surface area (Å²) in [5.41, 5.74) is 0.925. The van der Waals surface area contributed by atoms with Gasteiger partial charge in [-0.3, -0.25) is 0 Å². The van der Waals surface area contributed by atoms with Gasteiger partial charge in [0.15, 0.2) is 9.84 Å². The van der Waals surface area contributed by atoms with E-state index in [1.54, 1.807) is 24.3 Å². The monoisotopic (exact) mass is 296 g/mol. The first kappa shape index (κ1) is 13.9. The third-order valence-corrected chi connectivity index (χ3v) is 3.96. The Morgan fingerprint density at radius 3 is 2.53 bits per heavy atom. The summed E-state index contributed by atoms with van der Waals surface area (Å²) in [7, 11) is -3.24. The molecule has 0 aliphatic carbocycles. The SMILES string of the molecule is Cc1ccc(Cl)cc1Oc1cccc(S(C)(=O)=O)c1. The highest BCUT2D eigenvalue weighted by Crippen LogP contribution is 2.29. The summed E-state index contributed by atoms with van der Waals surface area (Å²) >= 11 is 5.91. The maximum absolute atomic E-state index is 11.5. The summed E-state index contributed by atoms with van der Waals surface area (Å²) in [6, 6.07) is 11.7. The fourth-order valence-corrected chi connectivity index (χ4v) is 2.40. The van der Waals surface area contributed by atoms with Crippen molar-refractivity contribution in [1.29, 1.82) is 0 Å². The molecule has 0 bridgehead atoms. The molecule has 0 N–H and O–H groups in total. The van der Waals surface area contributed by atoms with E-state index in [1.165, 1.54) is 12.1 Å². The first-order valence-corrected chi connectivity index (χ1v) is 7.87. The molecule has 0 atom stereocenters. The Labute approximate surface area is 117 Å². The molecule has 0 amide bonds. The van der Waals surface area contributed by atoms with Crippen molar-refractivity contribution in [1.82, 2.24) is 0 Å². The van der Waals surface area contributed by atoms with E-state index in [9.17, 15) is 8.42 Å². The Balaban J connectivity index is 2.36. The van der Waals surface area contributed by atoms with Crippen LogP contribution in [0.3, 0.4) is 0 Å². The number of benzene rings is 2. The lowest BCUT2D eigenvalue weighted by molar-refractivity contribution is 0.477. The molecule has 0 aliphatic heterocycles. The highest BCUT2D eigenvalue weighted by Gasteiger charge is 2.09. The summed E-state index contributed by atoms with van der Waals surface area (Å²) in [6.45, 7) is 1.89. The topological polar surface area (TPSA) is 43.4 Å². The smallest absolute Gasteiger partial charge is 0.175 e. The molecule has 0 saturated heterocycles. The quantitative estimate of drug-likeness (QED) is 0.864. The van der Waals surface area contributed by atoms with Crippen LogP contribution in [0.4, 0.5) is 0 Å². The van der Waals surface area contributed by atoms with Crippen LogP contribution in [-0.4, -0.2) is 14.7 Å². The summed E-state index contributed by atoms with van der Waals surface area (Å²) in [5, 5.41) is 0.569. The maximum atomic E-state index is 11.5. The van der Waals surface area contributed by atoms with Crippen LogP contribution >= 0.6 is 11.6 Å². The highest BCUT2D eigenvalue weighted by molar-refractivity contribution is 7.90. The van der Waals surface area contributed by atoms with Gasteiger partial charge in [0.1, 0.15) is 11.5 Å². The summed E-state index contributed by atoms with van der Waals surface area (Å²) in [5.74, 6) is 1.08. The number of ether oxygens (including phenoxy) is 1. The van der Waals surface area contributed by atoms with Gasteiger partial charge in [-0.25, -0.2) is 8.42 Å². The number of hydrogen-bond donors (Lipinski definition) is 0. The van der Waals surface area contributed by atoms with Gasteiger partial charge in [0.25, 0.3) is 0 Å². The van der Waals surface area contributed by atoms with E-state index < -0.39 is 9.84 Å². The highest BCUT2D eigenvalue weighted by atomic mass is 35.5. The van der Waals surface area contributed by atoms with Crippen molar-refractivity contribution >= 4 is 21.4 Å². The molecular weight excluding hydrogens is 284 g/mol. The van der Waals surface area contributed by atoms with E-state index in [4.69, 9.17) is 16.3 Å². The van der Waals surface area contributed by atoms with Crippen molar-refractivity contribution < 1.29 is 13.2 Å².